The molecule has 19 heavy (non-hydrogen) atoms. The number of nitrogens with zero attached hydrogens (tertiary/aromatic N) is 2. The normalized spacial score (nSPS) is 9.89. The van der Waals surface area contributed by atoms with Gasteiger partial charge in [-0.15, -0.1) is 6.42 Å². The molecule has 1 N–H and O–H groups in total. The number of methoxy groups -OCH3 is 1. The second-order valence-electron chi connectivity index (χ2n) is 3.94. The predicted molar refractivity (Wildman–Crippen MR) is 73.2 cm³/mol. The molecule has 1 aromatic heterocycles. The quantitative estimate of drug-likeness (QED) is 0.539. The van der Waals surface area contributed by atoms with Gasteiger partial charge in [-0.05, 0) is 12.1 Å². The summed E-state index contributed by atoms with van der Waals surface area (Å²) in [6.45, 7) is 2.10. The molecule has 0 spiro atoms. The largest absolute Gasteiger partial charge is 0.383 e. The van der Waals surface area contributed by atoms with E-state index in [0.717, 1.165) is 5.69 Å². The lowest BCUT2D eigenvalue weighted by Gasteiger charge is -2.22. The number of pyridine rings is 1. The van der Waals surface area contributed by atoms with Crippen molar-refractivity contribution < 1.29 is 9.53 Å². The molecule has 1 amide bonds. The predicted octanol–water partition coefficient (Wildman–Crippen LogP) is 0.279. The maximum Gasteiger partial charge on any atom is 0.236 e. The molecule has 0 radical (unpaired) electrons. The van der Waals surface area contributed by atoms with Gasteiger partial charge in [0.05, 0.1) is 31.9 Å². The minimum Gasteiger partial charge on any atom is -0.383 e. The molecule has 0 bridgehead atoms. The van der Waals surface area contributed by atoms with E-state index in [1.807, 2.05) is 18.2 Å². The molecule has 102 valence electrons. The Bertz CT molecular complexity index is 414. The average Bonchev–Trinajstić information content (AvgIpc) is 2.44. The molecule has 1 heterocycles. The van der Waals surface area contributed by atoms with Gasteiger partial charge in [-0.25, -0.2) is 0 Å². The number of aromatic nitrogens is 1. The molecule has 0 aliphatic rings. The summed E-state index contributed by atoms with van der Waals surface area (Å²) in [5.74, 6) is 2.42. The van der Waals surface area contributed by atoms with Crippen LogP contribution in [0.25, 0.3) is 0 Å². The molecular weight excluding hydrogens is 242 g/mol. The van der Waals surface area contributed by atoms with Crippen LogP contribution in [0, 0.1) is 12.3 Å². The van der Waals surface area contributed by atoms with Crippen LogP contribution in [0.5, 0.6) is 0 Å². The van der Waals surface area contributed by atoms with Crippen molar-refractivity contribution in [1.29, 1.82) is 0 Å². The number of hydrogen-bond donors (Lipinski definition) is 1. The summed E-state index contributed by atoms with van der Waals surface area (Å²) in [5, 5.41) is 2.89. The zero-order chi connectivity index (χ0) is 13.9. The number of amides is 1. The number of ether oxygens (including phenoxy) is 1. The minimum atomic E-state index is -0.0158. The first-order valence-electron chi connectivity index (χ1n) is 6.08. The molecule has 0 saturated carbocycles. The molecule has 0 fully saturated rings. The Balaban J connectivity index is 2.55. The number of carbonyl (C=O) groups excluding carboxylic acids is 1. The van der Waals surface area contributed by atoms with Gasteiger partial charge < -0.3 is 9.64 Å². The van der Waals surface area contributed by atoms with Gasteiger partial charge in [-0.2, -0.15) is 0 Å². The summed E-state index contributed by atoms with van der Waals surface area (Å²) in [6.07, 6.45) is 6.84. The van der Waals surface area contributed by atoms with Gasteiger partial charge >= 0.3 is 0 Å². The van der Waals surface area contributed by atoms with E-state index < -0.39 is 0 Å². The molecule has 0 atom stereocenters. The standard InChI is InChI=1S/C14H19N3O2/c1-3-7-15-11-14(18)17(9-10-19-2)12-13-6-4-5-8-16-13/h1,4-6,8,15H,7,9-12H2,2H3. The van der Waals surface area contributed by atoms with E-state index in [1.54, 1.807) is 18.2 Å². The van der Waals surface area contributed by atoms with Gasteiger partial charge in [0.15, 0.2) is 0 Å². The molecule has 0 aliphatic heterocycles. The Hall–Kier alpha value is -1.90. The Labute approximate surface area is 114 Å². The maximum atomic E-state index is 12.0. The molecule has 0 aromatic carbocycles. The molecule has 1 aromatic rings. The van der Waals surface area contributed by atoms with Crippen molar-refractivity contribution in [3.05, 3.63) is 30.1 Å². The molecule has 0 saturated heterocycles. The minimum absolute atomic E-state index is 0.0158. The fourth-order valence-electron chi connectivity index (χ4n) is 1.53. The highest BCUT2D eigenvalue weighted by Crippen LogP contribution is 2.01. The Morgan fingerprint density at radius 3 is 3.05 bits per heavy atom. The molecule has 5 heteroatoms. The summed E-state index contributed by atoms with van der Waals surface area (Å²) in [7, 11) is 1.61. The number of nitrogens with one attached hydrogen (secondary N) is 1. The summed E-state index contributed by atoms with van der Waals surface area (Å²) in [4.78, 5) is 18.0. The molecular formula is C14H19N3O2. The van der Waals surface area contributed by atoms with Crippen molar-refractivity contribution in [2.45, 2.75) is 6.54 Å². The zero-order valence-corrected chi connectivity index (χ0v) is 11.1. The van der Waals surface area contributed by atoms with Gasteiger partial charge in [0, 0.05) is 19.9 Å². The molecule has 1 rings (SSSR count). The van der Waals surface area contributed by atoms with Crippen molar-refractivity contribution in [2.75, 3.05) is 33.4 Å². The van der Waals surface area contributed by atoms with E-state index in [9.17, 15) is 4.79 Å². The maximum absolute atomic E-state index is 12.0. The van der Waals surface area contributed by atoms with Crippen molar-refractivity contribution in [3.8, 4) is 12.3 Å². The summed E-state index contributed by atoms with van der Waals surface area (Å²) in [6, 6.07) is 5.64. The second kappa shape index (κ2) is 9.09. The van der Waals surface area contributed by atoms with E-state index in [1.165, 1.54) is 0 Å². The van der Waals surface area contributed by atoms with Crippen LogP contribution in [0.15, 0.2) is 24.4 Å². The van der Waals surface area contributed by atoms with E-state index >= 15 is 0 Å². The van der Waals surface area contributed by atoms with Crippen LogP contribution in [0.3, 0.4) is 0 Å². The first-order chi connectivity index (χ1) is 9.27. The summed E-state index contributed by atoms with van der Waals surface area (Å²) in [5.41, 5.74) is 0.851. The van der Waals surface area contributed by atoms with Crippen LogP contribution in [-0.4, -0.2) is 49.1 Å². The van der Waals surface area contributed by atoms with Gasteiger partial charge in [0.1, 0.15) is 0 Å². The SMILES string of the molecule is C#CCNCC(=O)N(CCOC)Cc1ccccn1. The Morgan fingerprint density at radius 2 is 2.42 bits per heavy atom. The monoisotopic (exact) mass is 261 g/mol. The van der Waals surface area contributed by atoms with Crippen LogP contribution >= 0.6 is 0 Å². The Morgan fingerprint density at radius 1 is 1.58 bits per heavy atom. The van der Waals surface area contributed by atoms with Crippen molar-refractivity contribution in [2.24, 2.45) is 0 Å². The highest BCUT2D eigenvalue weighted by molar-refractivity contribution is 5.78. The van der Waals surface area contributed by atoms with E-state index in [2.05, 4.69) is 16.2 Å². The smallest absolute Gasteiger partial charge is 0.236 e. The highest BCUT2D eigenvalue weighted by Gasteiger charge is 2.13. The lowest BCUT2D eigenvalue weighted by atomic mass is 10.3. The molecule has 5 nitrogen and oxygen atoms in total. The Kier molecular flexibility index (Phi) is 7.25. The first kappa shape index (κ1) is 15.2. The van der Waals surface area contributed by atoms with Crippen molar-refractivity contribution in [1.82, 2.24) is 15.2 Å². The molecule has 0 unspecified atom stereocenters. The fourth-order valence-corrected chi connectivity index (χ4v) is 1.53. The summed E-state index contributed by atoms with van der Waals surface area (Å²) < 4.78 is 5.02. The number of carbonyl (C=O) groups is 1. The number of hydrogen-bond acceptors (Lipinski definition) is 4. The fraction of sp³-hybridized carbons (Fsp3) is 0.429. The van der Waals surface area contributed by atoms with Gasteiger partial charge in [-0.1, -0.05) is 12.0 Å². The third kappa shape index (κ3) is 6.00. The average molecular weight is 261 g/mol. The summed E-state index contributed by atoms with van der Waals surface area (Å²) >= 11 is 0. The lowest BCUT2D eigenvalue weighted by Crippen LogP contribution is -2.39. The lowest BCUT2D eigenvalue weighted by molar-refractivity contribution is -0.131. The van der Waals surface area contributed by atoms with E-state index in [0.29, 0.717) is 26.2 Å². The first-order valence-corrected chi connectivity index (χ1v) is 6.08. The number of rotatable bonds is 8. The third-order valence-corrected chi connectivity index (χ3v) is 2.50. The van der Waals surface area contributed by atoms with E-state index in [-0.39, 0.29) is 12.5 Å². The van der Waals surface area contributed by atoms with Crippen LogP contribution in [0.2, 0.25) is 0 Å². The third-order valence-electron chi connectivity index (χ3n) is 2.50. The second-order valence-corrected chi connectivity index (χ2v) is 3.94. The molecule has 0 aliphatic carbocycles. The van der Waals surface area contributed by atoms with Gasteiger partial charge in [-0.3, -0.25) is 15.1 Å². The van der Waals surface area contributed by atoms with Crippen LogP contribution in [0.1, 0.15) is 5.69 Å². The van der Waals surface area contributed by atoms with Gasteiger partial charge in [0.25, 0.3) is 0 Å². The highest BCUT2D eigenvalue weighted by atomic mass is 16.5. The topological polar surface area (TPSA) is 54.5 Å². The van der Waals surface area contributed by atoms with Gasteiger partial charge in [0.2, 0.25) is 5.91 Å². The number of terminal acetylenes is 1. The van der Waals surface area contributed by atoms with Crippen LogP contribution in [-0.2, 0) is 16.1 Å². The van der Waals surface area contributed by atoms with Crippen LogP contribution in [0.4, 0.5) is 0 Å². The van der Waals surface area contributed by atoms with E-state index in [4.69, 9.17) is 11.2 Å². The van der Waals surface area contributed by atoms with Crippen molar-refractivity contribution >= 4 is 5.91 Å². The van der Waals surface area contributed by atoms with Crippen molar-refractivity contribution in [3.63, 3.8) is 0 Å². The zero-order valence-electron chi connectivity index (χ0n) is 11.1. The van der Waals surface area contributed by atoms with Crippen LogP contribution < -0.4 is 5.32 Å².